The summed E-state index contributed by atoms with van der Waals surface area (Å²) in [7, 11) is 0. The molecule has 0 bridgehead atoms. The molecule has 1 saturated heterocycles. The molecule has 0 unspecified atom stereocenters. The summed E-state index contributed by atoms with van der Waals surface area (Å²) < 4.78 is 11.5. The normalized spacial score (nSPS) is 32.4. The Labute approximate surface area is 116 Å². The van der Waals surface area contributed by atoms with Crippen molar-refractivity contribution in [3.63, 3.8) is 0 Å². The monoisotopic (exact) mass is 269 g/mol. The van der Waals surface area contributed by atoms with Gasteiger partial charge in [0.25, 0.3) is 0 Å². The van der Waals surface area contributed by atoms with Crippen LogP contribution in [0.1, 0.15) is 53.4 Å². The van der Waals surface area contributed by atoms with Crippen molar-refractivity contribution in [2.75, 3.05) is 19.7 Å². The van der Waals surface area contributed by atoms with Crippen LogP contribution in [0.15, 0.2) is 0 Å². The summed E-state index contributed by atoms with van der Waals surface area (Å²) in [5, 5.41) is 0. The van der Waals surface area contributed by atoms with Crippen LogP contribution >= 0.6 is 0 Å². The molecule has 1 aliphatic carbocycles. The van der Waals surface area contributed by atoms with E-state index < -0.39 is 5.60 Å². The van der Waals surface area contributed by atoms with Crippen LogP contribution in [-0.4, -0.2) is 41.9 Å². The third kappa shape index (κ3) is 3.85. The predicted octanol–water partition coefficient (Wildman–Crippen LogP) is 3.20. The third-order valence-corrected chi connectivity index (χ3v) is 4.09. The van der Waals surface area contributed by atoms with E-state index in [4.69, 9.17) is 9.47 Å². The fraction of sp³-hybridized carbons (Fsp3) is 0.933. The maximum absolute atomic E-state index is 12.2. The molecule has 4 heteroatoms. The van der Waals surface area contributed by atoms with Gasteiger partial charge in [-0.2, -0.15) is 0 Å². The first-order valence-corrected chi connectivity index (χ1v) is 7.42. The summed E-state index contributed by atoms with van der Waals surface area (Å²) in [6.45, 7) is 9.98. The van der Waals surface area contributed by atoms with E-state index in [0.717, 1.165) is 18.8 Å². The third-order valence-electron chi connectivity index (χ3n) is 4.09. The molecule has 0 aromatic rings. The van der Waals surface area contributed by atoms with Crippen molar-refractivity contribution in [2.45, 2.75) is 64.6 Å². The van der Waals surface area contributed by atoms with Gasteiger partial charge < -0.3 is 14.4 Å². The highest BCUT2D eigenvalue weighted by Crippen LogP contribution is 2.37. The standard InChI is InChI=1S/C15H27NO3/c1-12-5-7-15(8-6-12)11-16(9-10-18-15)13(17)19-14(2,3)4/h12H,5-11H2,1-4H3. The molecule has 2 aliphatic rings. The van der Waals surface area contributed by atoms with Crippen molar-refractivity contribution in [1.82, 2.24) is 4.90 Å². The number of carbonyl (C=O) groups is 1. The molecule has 1 spiro atoms. The van der Waals surface area contributed by atoms with E-state index in [2.05, 4.69) is 6.92 Å². The Bertz CT molecular complexity index is 327. The smallest absolute Gasteiger partial charge is 0.410 e. The van der Waals surface area contributed by atoms with E-state index in [9.17, 15) is 4.79 Å². The predicted molar refractivity (Wildman–Crippen MR) is 74.1 cm³/mol. The van der Waals surface area contributed by atoms with E-state index in [1.54, 1.807) is 0 Å². The Morgan fingerprint density at radius 3 is 2.53 bits per heavy atom. The number of ether oxygens (including phenoxy) is 2. The van der Waals surface area contributed by atoms with Crippen LogP contribution in [0.3, 0.4) is 0 Å². The zero-order chi connectivity index (χ0) is 14.1. The molecule has 1 amide bonds. The van der Waals surface area contributed by atoms with Gasteiger partial charge in [0, 0.05) is 6.54 Å². The lowest BCUT2D eigenvalue weighted by atomic mass is 9.78. The first kappa shape index (κ1) is 14.6. The Balaban J connectivity index is 1.95. The molecule has 1 saturated carbocycles. The molecule has 0 aromatic heterocycles. The first-order chi connectivity index (χ1) is 8.80. The summed E-state index contributed by atoms with van der Waals surface area (Å²) in [5.41, 5.74) is -0.536. The average molecular weight is 269 g/mol. The maximum Gasteiger partial charge on any atom is 0.410 e. The SMILES string of the molecule is CC1CCC2(CC1)CN(C(=O)OC(C)(C)C)CCO2. The summed E-state index contributed by atoms with van der Waals surface area (Å²) in [4.78, 5) is 14.0. The van der Waals surface area contributed by atoms with E-state index in [1.807, 2.05) is 25.7 Å². The number of nitrogens with zero attached hydrogens (tertiary/aromatic N) is 1. The lowest BCUT2D eigenvalue weighted by Gasteiger charge is -2.46. The molecular weight excluding hydrogens is 242 g/mol. The van der Waals surface area contributed by atoms with Crippen LogP contribution in [0.25, 0.3) is 0 Å². The molecule has 0 aromatic carbocycles. The van der Waals surface area contributed by atoms with Crippen LogP contribution in [-0.2, 0) is 9.47 Å². The molecule has 2 rings (SSSR count). The zero-order valence-electron chi connectivity index (χ0n) is 12.7. The van der Waals surface area contributed by atoms with Gasteiger partial charge in [0.1, 0.15) is 5.60 Å². The first-order valence-electron chi connectivity index (χ1n) is 7.42. The quantitative estimate of drug-likeness (QED) is 0.678. The summed E-state index contributed by atoms with van der Waals surface area (Å²) in [5.74, 6) is 0.783. The van der Waals surface area contributed by atoms with Crippen LogP contribution < -0.4 is 0 Å². The van der Waals surface area contributed by atoms with Crippen molar-refractivity contribution in [2.24, 2.45) is 5.92 Å². The maximum atomic E-state index is 12.2. The van der Waals surface area contributed by atoms with E-state index in [-0.39, 0.29) is 11.7 Å². The second kappa shape index (κ2) is 5.31. The molecule has 1 aliphatic heterocycles. The Kier molecular flexibility index (Phi) is 4.09. The highest BCUT2D eigenvalue weighted by molar-refractivity contribution is 5.68. The van der Waals surface area contributed by atoms with Gasteiger partial charge in [-0.3, -0.25) is 0 Å². The summed E-state index contributed by atoms with van der Waals surface area (Å²) in [6.07, 6.45) is 4.32. The molecule has 19 heavy (non-hydrogen) atoms. The number of rotatable bonds is 0. The summed E-state index contributed by atoms with van der Waals surface area (Å²) in [6, 6.07) is 0. The van der Waals surface area contributed by atoms with Crippen molar-refractivity contribution in [1.29, 1.82) is 0 Å². The molecular formula is C15H27NO3. The van der Waals surface area contributed by atoms with Crippen molar-refractivity contribution >= 4 is 6.09 Å². The Hall–Kier alpha value is -0.770. The number of morpholine rings is 1. The highest BCUT2D eigenvalue weighted by Gasteiger charge is 2.41. The van der Waals surface area contributed by atoms with Crippen LogP contribution in [0, 0.1) is 5.92 Å². The molecule has 4 nitrogen and oxygen atoms in total. The van der Waals surface area contributed by atoms with Gasteiger partial charge in [0.2, 0.25) is 0 Å². The molecule has 2 fully saturated rings. The fourth-order valence-corrected chi connectivity index (χ4v) is 2.92. The van der Waals surface area contributed by atoms with Gasteiger partial charge in [0.15, 0.2) is 0 Å². The molecule has 1 heterocycles. The number of hydrogen-bond donors (Lipinski definition) is 0. The molecule has 0 N–H and O–H groups in total. The topological polar surface area (TPSA) is 38.8 Å². The molecule has 0 atom stereocenters. The lowest BCUT2D eigenvalue weighted by molar-refractivity contribution is -0.129. The van der Waals surface area contributed by atoms with Crippen molar-refractivity contribution in [3.8, 4) is 0 Å². The average Bonchev–Trinajstić information content (AvgIpc) is 2.32. The van der Waals surface area contributed by atoms with E-state index in [0.29, 0.717) is 19.7 Å². The minimum absolute atomic E-state index is 0.109. The largest absolute Gasteiger partial charge is 0.444 e. The van der Waals surface area contributed by atoms with Gasteiger partial charge in [-0.25, -0.2) is 4.79 Å². The Morgan fingerprint density at radius 2 is 1.95 bits per heavy atom. The van der Waals surface area contributed by atoms with Crippen LogP contribution in [0.4, 0.5) is 4.79 Å². The second-order valence-corrected chi connectivity index (χ2v) is 7.12. The number of amides is 1. The highest BCUT2D eigenvalue weighted by atomic mass is 16.6. The number of hydrogen-bond acceptors (Lipinski definition) is 3. The van der Waals surface area contributed by atoms with Crippen LogP contribution in [0.2, 0.25) is 0 Å². The van der Waals surface area contributed by atoms with Crippen LogP contribution in [0.5, 0.6) is 0 Å². The van der Waals surface area contributed by atoms with Gasteiger partial charge >= 0.3 is 6.09 Å². The number of carbonyl (C=O) groups excluding carboxylic acids is 1. The summed E-state index contributed by atoms with van der Waals surface area (Å²) >= 11 is 0. The fourth-order valence-electron chi connectivity index (χ4n) is 2.92. The lowest BCUT2D eigenvalue weighted by Crippen LogP contribution is -2.55. The Morgan fingerprint density at radius 1 is 1.32 bits per heavy atom. The van der Waals surface area contributed by atoms with Gasteiger partial charge in [-0.1, -0.05) is 6.92 Å². The zero-order valence-corrected chi connectivity index (χ0v) is 12.7. The van der Waals surface area contributed by atoms with Gasteiger partial charge in [-0.15, -0.1) is 0 Å². The minimum Gasteiger partial charge on any atom is -0.444 e. The molecule has 0 radical (unpaired) electrons. The molecule has 110 valence electrons. The minimum atomic E-state index is -0.427. The van der Waals surface area contributed by atoms with Crippen molar-refractivity contribution in [3.05, 3.63) is 0 Å². The van der Waals surface area contributed by atoms with Crippen molar-refractivity contribution < 1.29 is 14.3 Å². The van der Waals surface area contributed by atoms with E-state index >= 15 is 0 Å². The van der Waals surface area contributed by atoms with E-state index in [1.165, 1.54) is 12.8 Å². The van der Waals surface area contributed by atoms with Gasteiger partial charge in [0.05, 0.1) is 18.8 Å². The van der Waals surface area contributed by atoms with Gasteiger partial charge in [-0.05, 0) is 52.4 Å². The second-order valence-electron chi connectivity index (χ2n) is 7.12.